The van der Waals surface area contributed by atoms with Crippen LogP contribution >= 0.6 is 0 Å². The molecule has 0 heterocycles. The fraction of sp³-hybridized carbons (Fsp3) is 0.350. The van der Waals surface area contributed by atoms with Gasteiger partial charge in [-0.3, -0.25) is 4.79 Å². The Kier molecular flexibility index (Phi) is 8.42. The molecule has 0 saturated carbocycles. The lowest BCUT2D eigenvalue weighted by Crippen LogP contribution is -3.00. The lowest BCUT2D eigenvalue weighted by molar-refractivity contribution is -0.903. The van der Waals surface area contributed by atoms with Gasteiger partial charge in [0, 0.05) is 24.1 Å². The highest BCUT2D eigenvalue weighted by Gasteiger charge is 2.16. The molecule has 2 aromatic carbocycles. The van der Waals surface area contributed by atoms with Gasteiger partial charge in [0.2, 0.25) is 0 Å². The Hall–Kier alpha value is -2.24. The number of rotatable bonds is 8. The van der Waals surface area contributed by atoms with E-state index >= 15 is 0 Å². The molecule has 0 spiro atoms. The molecule has 0 unspecified atom stereocenters. The van der Waals surface area contributed by atoms with Crippen LogP contribution in [0.15, 0.2) is 48.5 Å². The summed E-state index contributed by atoms with van der Waals surface area (Å²) in [6.07, 6.45) is 0.914. The molecule has 26 heavy (non-hydrogen) atoms. The third-order valence-corrected chi connectivity index (χ3v) is 4.17. The lowest BCUT2D eigenvalue weighted by Gasteiger charge is -2.30. The summed E-state index contributed by atoms with van der Waals surface area (Å²) in [5, 5.41) is 2.97. The molecule has 2 rings (SSSR count). The predicted molar refractivity (Wildman–Crippen MR) is 101 cm³/mol. The molecule has 2 aromatic rings. The molecule has 0 aromatic heterocycles. The number of hydrogen-bond acceptors (Lipinski definition) is 3. The summed E-state index contributed by atoms with van der Waals surface area (Å²) in [6.45, 7) is 2.50. The lowest BCUT2D eigenvalue weighted by atomic mass is 10.1. The van der Waals surface area contributed by atoms with Crippen LogP contribution in [0.25, 0.3) is 0 Å². The maximum absolute atomic E-state index is 12.0. The van der Waals surface area contributed by atoms with E-state index in [0.29, 0.717) is 23.5 Å². The van der Waals surface area contributed by atoms with Gasteiger partial charge in [-0.2, -0.15) is 0 Å². The Bertz CT molecular complexity index is 705. The SMILES string of the molecule is COc1ccc(C[N+](C)(C)CCCNC(=O)c2ccccc2)cc1N.[Cl-]. The summed E-state index contributed by atoms with van der Waals surface area (Å²) >= 11 is 0. The van der Waals surface area contributed by atoms with Gasteiger partial charge < -0.3 is 32.7 Å². The molecule has 0 aliphatic carbocycles. The summed E-state index contributed by atoms with van der Waals surface area (Å²) in [7, 11) is 5.98. The molecule has 6 heteroatoms. The monoisotopic (exact) mass is 377 g/mol. The maximum atomic E-state index is 12.0. The highest BCUT2D eigenvalue weighted by Crippen LogP contribution is 2.23. The molecule has 1 amide bonds. The van der Waals surface area contributed by atoms with Crippen molar-refractivity contribution in [3.05, 3.63) is 59.7 Å². The molecule has 0 bridgehead atoms. The molecule has 142 valence electrons. The number of quaternary nitrogens is 1. The quantitative estimate of drug-likeness (QED) is 0.376. The van der Waals surface area contributed by atoms with Crippen molar-refractivity contribution >= 4 is 11.6 Å². The zero-order valence-corrected chi connectivity index (χ0v) is 16.4. The van der Waals surface area contributed by atoms with Crippen LogP contribution in [0, 0.1) is 0 Å². The number of nitrogens with zero attached hydrogens (tertiary/aromatic N) is 1. The first-order valence-electron chi connectivity index (χ1n) is 8.49. The van der Waals surface area contributed by atoms with Crippen molar-refractivity contribution in [2.45, 2.75) is 13.0 Å². The van der Waals surface area contributed by atoms with Crippen molar-refractivity contribution in [1.82, 2.24) is 5.32 Å². The largest absolute Gasteiger partial charge is 1.00 e. The summed E-state index contributed by atoms with van der Waals surface area (Å²) in [5.74, 6) is 0.687. The minimum Gasteiger partial charge on any atom is -1.00 e. The van der Waals surface area contributed by atoms with Gasteiger partial charge in [0.25, 0.3) is 5.91 Å². The Morgan fingerprint density at radius 2 is 1.85 bits per heavy atom. The van der Waals surface area contributed by atoms with E-state index < -0.39 is 0 Å². The number of hydrogen-bond donors (Lipinski definition) is 2. The number of carbonyl (C=O) groups is 1. The number of halogens is 1. The van der Waals surface area contributed by atoms with E-state index in [2.05, 4.69) is 19.4 Å². The highest BCUT2D eigenvalue weighted by atomic mass is 35.5. The van der Waals surface area contributed by atoms with Gasteiger partial charge in [-0.05, 0) is 30.3 Å². The Morgan fingerprint density at radius 3 is 2.46 bits per heavy atom. The van der Waals surface area contributed by atoms with Crippen molar-refractivity contribution in [1.29, 1.82) is 0 Å². The normalized spacial score (nSPS) is 10.7. The minimum atomic E-state index is -0.0196. The van der Waals surface area contributed by atoms with Gasteiger partial charge in [-0.1, -0.05) is 18.2 Å². The summed E-state index contributed by atoms with van der Waals surface area (Å²) in [5.41, 5.74) is 8.52. The van der Waals surface area contributed by atoms with E-state index in [9.17, 15) is 4.79 Å². The zero-order chi connectivity index (χ0) is 18.3. The second-order valence-corrected chi connectivity index (χ2v) is 6.87. The number of carbonyl (C=O) groups excluding carboxylic acids is 1. The molecule has 0 fully saturated rings. The van der Waals surface area contributed by atoms with Gasteiger partial charge in [0.1, 0.15) is 12.3 Å². The van der Waals surface area contributed by atoms with E-state index in [1.807, 2.05) is 48.5 Å². The van der Waals surface area contributed by atoms with Crippen molar-refractivity contribution in [2.24, 2.45) is 0 Å². The standard InChI is InChI=1S/C20H27N3O2.ClH/c1-23(2,15-16-10-11-19(25-3)18(21)14-16)13-7-12-22-20(24)17-8-5-4-6-9-17;/h4-6,8-11,14H,7,12-13,15,21H2,1-3H3;1H. The topological polar surface area (TPSA) is 64.3 Å². The molecule has 0 atom stereocenters. The number of ether oxygens (including phenoxy) is 1. The molecule has 0 saturated heterocycles. The van der Waals surface area contributed by atoms with Gasteiger partial charge >= 0.3 is 0 Å². The summed E-state index contributed by atoms with van der Waals surface area (Å²) < 4.78 is 6.02. The number of nitrogen functional groups attached to an aromatic ring is 1. The molecule has 0 aliphatic heterocycles. The van der Waals surface area contributed by atoms with Crippen LogP contribution < -0.4 is 28.2 Å². The summed E-state index contributed by atoms with van der Waals surface area (Å²) in [4.78, 5) is 12.0. The van der Waals surface area contributed by atoms with Gasteiger partial charge in [0.15, 0.2) is 0 Å². The van der Waals surface area contributed by atoms with Crippen molar-refractivity contribution in [2.75, 3.05) is 40.0 Å². The average Bonchev–Trinajstić information content (AvgIpc) is 2.59. The van der Waals surface area contributed by atoms with Crippen LogP contribution in [0.1, 0.15) is 22.3 Å². The van der Waals surface area contributed by atoms with Crippen molar-refractivity contribution in [3.8, 4) is 5.75 Å². The number of benzene rings is 2. The van der Waals surface area contributed by atoms with E-state index in [1.54, 1.807) is 7.11 Å². The number of nitrogens with two attached hydrogens (primary N) is 1. The number of nitrogens with one attached hydrogen (secondary N) is 1. The van der Waals surface area contributed by atoms with Crippen molar-refractivity contribution < 1.29 is 26.4 Å². The Morgan fingerprint density at radius 1 is 1.15 bits per heavy atom. The van der Waals surface area contributed by atoms with Crippen LogP contribution in [0.2, 0.25) is 0 Å². The number of amides is 1. The highest BCUT2D eigenvalue weighted by molar-refractivity contribution is 5.94. The molecular weight excluding hydrogens is 350 g/mol. The fourth-order valence-electron chi connectivity index (χ4n) is 2.86. The molecule has 0 aliphatic rings. The van der Waals surface area contributed by atoms with E-state index in [4.69, 9.17) is 10.5 Å². The summed E-state index contributed by atoms with van der Waals surface area (Å²) in [6, 6.07) is 15.2. The molecule has 0 radical (unpaired) electrons. The van der Waals surface area contributed by atoms with Gasteiger partial charge in [-0.25, -0.2) is 0 Å². The number of anilines is 1. The first-order chi connectivity index (χ1) is 11.9. The smallest absolute Gasteiger partial charge is 0.251 e. The molecule has 5 nitrogen and oxygen atoms in total. The van der Waals surface area contributed by atoms with Gasteiger partial charge in [-0.15, -0.1) is 0 Å². The second kappa shape index (κ2) is 10.0. The van der Waals surface area contributed by atoms with E-state index in [-0.39, 0.29) is 18.3 Å². The van der Waals surface area contributed by atoms with Crippen LogP contribution in [-0.4, -0.2) is 44.7 Å². The van der Waals surface area contributed by atoms with Crippen LogP contribution in [-0.2, 0) is 6.54 Å². The fourth-order valence-corrected chi connectivity index (χ4v) is 2.86. The number of methoxy groups -OCH3 is 1. The van der Waals surface area contributed by atoms with E-state index in [1.165, 1.54) is 5.56 Å². The van der Waals surface area contributed by atoms with Crippen LogP contribution in [0.3, 0.4) is 0 Å². The van der Waals surface area contributed by atoms with Crippen LogP contribution in [0.5, 0.6) is 5.75 Å². The zero-order valence-electron chi connectivity index (χ0n) is 15.7. The Labute approximate surface area is 162 Å². The first-order valence-corrected chi connectivity index (χ1v) is 8.49. The second-order valence-electron chi connectivity index (χ2n) is 6.87. The third-order valence-electron chi connectivity index (χ3n) is 4.17. The van der Waals surface area contributed by atoms with Gasteiger partial charge in [0.05, 0.1) is 33.4 Å². The van der Waals surface area contributed by atoms with E-state index in [0.717, 1.165) is 24.0 Å². The molecule has 3 N–H and O–H groups in total. The predicted octanol–water partition coefficient (Wildman–Crippen LogP) is -0.322. The third kappa shape index (κ3) is 6.58. The maximum Gasteiger partial charge on any atom is 0.251 e. The molecular formula is C20H28ClN3O2. The average molecular weight is 378 g/mol. The van der Waals surface area contributed by atoms with Crippen molar-refractivity contribution in [3.63, 3.8) is 0 Å². The van der Waals surface area contributed by atoms with Crippen LogP contribution in [0.4, 0.5) is 5.69 Å². The minimum absolute atomic E-state index is 0. The Balaban J connectivity index is 0.00000338. The first kappa shape index (κ1) is 21.8.